The third-order valence-corrected chi connectivity index (χ3v) is 2.24. The number of amides is 1. The number of nitrogens with zero attached hydrogens (tertiary/aromatic N) is 1. The Balaban J connectivity index is 2.01. The van der Waals surface area contributed by atoms with Gasteiger partial charge < -0.3 is 9.84 Å². The zero-order valence-corrected chi connectivity index (χ0v) is 9.54. The van der Waals surface area contributed by atoms with E-state index >= 15 is 0 Å². The maximum Gasteiger partial charge on any atom is 0.273 e. The highest BCUT2D eigenvalue weighted by Crippen LogP contribution is 2.08. The molecule has 1 heterocycles. The molecule has 6 heteroatoms. The maximum absolute atomic E-state index is 12.9. The molecular weight excluding hydrogens is 242 g/mol. The van der Waals surface area contributed by atoms with Gasteiger partial charge in [-0.15, -0.1) is 0 Å². The van der Waals surface area contributed by atoms with Crippen molar-refractivity contribution in [3.8, 4) is 0 Å². The lowest BCUT2D eigenvalue weighted by Crippen LogP contribution is -2.23. The Morgan fingerprint density at radius 2 is 1.94 bits per heavy atom. The second-order valence-corrected chi connectivity index (χ2v) is 3.78. The summed E-state index contributed by atoms with van der Waals surface area (Å²) < 4.78 is 30.5. The minimum atomic E-state index is -0.684. The van der Waals surface area contributed by atoms with Gasteiger partial charge in [-0.2, -0.15) is 0 Å². The number of rotatable bonds is 3. The molecule has 0 unspecified atom stereocenters. The third kappa shape index (κ3) is 2.91. The van der Waals surface area contributed by atoms with E-state index in [2.05, 4.69) is 10.5 Å². The zero-order valence-electron chi connectivity index (χ0n) is 9.54. The van der Waals surface area contributed by atoms with E-state index in [1.165, 1.54) is 6.07 Å². The van der Waals surface area contributed by atoms with Gasteiger partial charge in [-0.3, -0.25) is 4.79 Å². The van der Waals surface area contributed by atoms with Crippen LogP contribution in [0.2, 0.25) is 0 Å². The fourth-order valence-corrected chi connectivity index (χ4v) is 1.46. The van der Waals surface area contributed by atoms with Crippen LogP contribution in [0.5, 0.6) is 0 Å². The molecule has 0 bridgehead atoms. The lowest BCUT2D eigenvalue weighted by atomic mass is 10.2. The van der Waals surface area contributed by atoms with E-state index in [9.17, 15) is 13.6 Å². The first-order valence-electron chi connectivity index (χ1n) is 5.21. The molecule has 0 spiro atoms. The Bertz CT molecular complexity index is 561. The van der Waals surface area contributed by atoms with Gasteiger partial charge in [0, 0.05) is 18.7 Å². The predicted molar refractivity (Wildman–Crippen MR) is 58.8 cm³/mol. The summed E-state index contributed by atoms with van der Waals surface area (Å²) in [5, 5.41) is 6.02. The molecule has 0 atom stereocenters. The van der Waals surface area contributed by atoms with Gasteiger partial charge in [-0.05, 0) is 24.6 Å². The molecule has 1 amide bonds. The first kappa shape index (κ1) is 12.2. The van der Waals surface area contributed by atoms with Gasteiger partial charge in [0.05, 0.1) is 0 Å². The molecular formula is C12H10F2N2O2. The summed E-state index contributed by atoms with van der Waals surface area (Å²) in [6.45, 7) is 1.67. The number of carbonyl (C=O) groups excluding carboxylic acids is 1. The second-order valence-electron chi connectivity index (χ2n) is 3.78. The Hall–Kier alpha value is -2.24. The fourth-order valence-electron chi connectivity index (χ4n) is 1.46. The van der Waals surface area contributed by atoms with E-state index in [-0.39, 0.29) is 12.2 Å². The van der Waals surface area contributed by atoms with Crippen LogP contribution in [0.25, 0.3) is 0 Å². The van der Waals surface area contributed by atoms with E-state index in [1.54, 1.807) is 6.92 Å². The van der Waals surface area contributed by atoms with E-state index < -0.39 is 17.5 Å². The fraction of sp³-hybridized carbons (Fsp3) is 0.167. The zero-order chi connectivity index (χ0) is 13.1. The van der Waals surface area contributed by atoms with Gasteiger partial charge in [0.25, 0.3) is 5.91 Å². The van der Waals surface area contributed by atoms with Gasteiger partial charge in [0.15, 0.2) is 5.69 Å². The lowest BCUT2D eigenvalue weighted by Gasteiger charge is -2.03. The van der Waals surface area contributed by atoms with E-state index in [4.69, 9.17) is 4.52 Å². The summed E-state index contributed by atoms with van der Waals surface area (Å²) in [5.41, 5.74) is 0.463. The van der Waals surface area contributed by atoms with Crippen molar-refractivity contribution < 1.29 is 18.1 Å². The minimum absolute atomic E-state index is 0.0133. The smallest absolute Gasteiger partial charge is 0.273 e. The number of aromatic nitrogens is 1. The van der Waals surface area contributed by atoms with Gasteiger partial charge in [-0.25, -0.2) is 8.78 Å². The number of hydrogen-bond donors (Lipinski definition) is 1. The third-order valence-electron chi connectivity index (χ3n) is 2.24. The summed E-state index contributed by atoms with van der Waals surface area (Å²) in [6.07, 6.45) is 0. The van der Waals surface area contributed by atoms with Crippen molar-refractivity contribution in [1.29, 1.82) is 0 Å². The van der Waals surface area contributed by atoms with Crippen LogP contribution in [0.3, 0.4) is 0 Å². The number of benzene rings is 1. The van der Waals surface area contributed by atoms with Crippen molar-refractivity contribution in [3.05, 3.63) is 52.9 Å². The molecule has 18 heavy (non-hydrogen) atoms. The van der Waals surface area contributed by atoms with E-state index in [0.717, 1.165) is 18.2 Å². The number of hydrogen-bond acceptors (Lipinski definition) is 3. The summed E-state index contributed by atoms with van der Waals surface area (Å²) in [4.78, 5) is 11.6. The Morgan fingerprint density at radius 3 is 2.50 bits per heavy atom. The monoisotopic (exact) mass is 252 g/mol. The predicted octanol–water partition coefficient (Wildman–Crippen LogP) is 2.19. The lowest BCUT2D eigenvalue weighted by molar-refractivity contribution is 0.0941. The van der Waals surface area contributed by atoms with Crippen LogP contribution in [0.15, 0.2) is 28.8 Å². The molecule has 4 nitrogen and oxygen atoms in total. The largest absolute Gasteiger partial charge is 0.361 e. The summed E-state index contributed by atoms with van der Waals surface area (Å²) >= 11 is 0. The van der Waals surface area contributed by atoms with Gasteiger partial charge in [0.2, 0.25) is 0 Å². The number of halogens is 2. The van der Waals surface area contributed by atoms with Crippen LogP contribution >= 0.6 is 0 Å². The van der Waals surface area contributed by atoms with Gasteiger partial charge in [-0.1, -0.05) is 5.16 Å². The first-order valence-corrected chi connectivity index (χ1v) is 5.21. The normalized spacial score (nSPS) is 10.4. The average molecular weight is 252 g/mol. The molecule has 0 aliphatic heterocycles. The molecule has 0 fully saturated rings. The molecule has 0 aliphatic rings. The van der Waals surface area contributed by atoms with E-state index in [0.29, 0.717) is 11.3 Å². The van der Waals surface area contributed by atoms with Crippen LogP contribution in [-0.4, -0.2) is 11.1 Å². The summed E-state index contributed by atoms with van der Waals surface area (Å²) in [7, 11) is 0. The molecule has 2 rings (SSSR count). The standard InChI is InChI=1S/C12H10F2N2O2/c1-7-2-11(16-18-7)12(17)15-6-8-3-9(13)5-10(14)4-8/h2-5H,6H2,1H3,(H,15,17). The van der Waals surface area contributed by atoms with Crippen LogP contribution in [0.1, 0.15) is 21.8 Å². The number of aryl methyl sites for hydroxylation is 1. The molecule has 94 valence electrons. The van der Waals surface area contributed by atoms with Crippen molar-refractivity contribution in [2.75, 3.05) is 0 Å². The number of nitrogens with one attached hydrogen (secondary N) is 1. The topological polar surface area (TPSA) is 55.1 Å². The van der Waals surface area contributed by atoms with Crippen LogP contribution in [-0.2, 0) is 6.54 Å². The quantitative estimate of drug-likeness (QED) is 0.911. The van der Waals surface area contributed by atoms with Crippen molar-refractivity contribution >= 4 is 5.91 Å². The number of carbonyl (C=O) groups is 1. The highest BCUT2D eigenvalue weighted by Gasteiger charge is 2.10. The Labute approximate surface area is 102 Å². The molecule has 1 N–H and O–H groups in total. The molecule has 0 radical (unpaired) electrons. The van der Waals surface area contributed by atoms with Gasteiger partial charge in [0.1, 0.15) is 17.4 Å². The van der Waals surface area contributed by atoms with Crippen molar-refractivity contribution in [1.82, 2.24) is 10.5 Å². The van der Waals surface area contributed by atoms with Crippen LogP contribution in [0, 0.1) is 18.6 Å². The molecule has 0 saturated heterocycles. The summed E-state index contributed by atoms with van der Waals surface area (Å²) in [5.74, 6) is -1.32. The van der Waals surface area contributed by atoms with Crippen LogP contribution < -0.4 is 5.32 Å². The Kier molecular flexibility index (Phi) is 3.36. The molecule has 1 aromatic heterocycles. The SMILES string of the molecule is Cc1cc(C(=O)NCc2cc(F)cc(F)c2)no1. The van der Waals surface area contributed by atoms with Crippen molar-refractivity contribution in [2.45, 2.75) is 13.5 Å². The molecule has 2 aromatic rings. The van der Waals surface area contributed by atoms with Crippen LogP contribution in [0.4, 0.5) is 8.78 Å². The molecule has 0 aliphatic carbocycles. The summed E-state index contributed by atoms with van der Waals surface area (Å²) in [6, 6.07) is 4.54. The average Bonchev–Trinajstić information content (AvgIpc) is 2.71. The Morgan fingerprint density at radius 1 is 1.28 bits per heavy atom. The first-order chi connectivity index (χ1) is 8.54. The molecule has 0 saturated carbocycles. The van der Waals surface area contributed by atoms with Crippen molar-refractivity contribution in [2.24, 2.45) is 0 Å². The highest BCUT2D eigenvalue weighted by molar-refractivity contribution is 5.92. The van der Waals surface area contributed by atoms with E-state index in [1.807, 2.05) is 0 Å². The minimum Gasteiger partial charge on any atom is -0.361 e. The van der Waals surface area contributed by atoms with Crippen molar-refractivity contribution in [3.63, 3.8) is 0 Å². The maximum atomic E-state index is 12.9. The van der Waals surface area contributed by atoms with Gasteiger partial charge >= 0.3 is 0 Å². The highest BCUT2D eigenvalue weighted by atomic mass is 19.1. The molecule has 1 aromatic carbocycles. The second kappa shape index (κ2) is 4.95.